The van der Waals surface area contributed by atoms with E-state index < -0.39 is 47.0 Å². The maximum absolute atomic E-state index is 12.2. The summed E-state index contributed by atoms with van der Waals surface area (Å²) in [5.41, 5.74) is -2.72. The van der Waals surface area contributed by atoms with Crippen LogP contribution in [0.4, 0.5) is 0 Å². The van der Waals surface area contributed by atoms with Crippen LogP contribution in [0.5, 0.6) is 0 Å². The molecule has 136 valence electrons. The van der Waals surface area contributed by atoms with Crippen LogP contribution in [0.15, 0.2) is 0 Å². The summed E-state index contributed by atoms with van der Waals surface area (Å²) in [6.07, 6.45) is 0.952. The topological polar surface area (TPSA) is 103 Å². The van der Waals surface area contributed by atoms with E-state index in [2.05, 4.69) is 6.07 Å². The molecule has 0 amide bonds. The Labute approximate surface area is 146 Å². The molecule has 0 aromatic heterocycles. The molecule has 3 rings (SSSR count). The zero-order chi connectivity index (χ0) is 18.6. The van der Waals surface area contributed by atoms with Crippen LogP contribution >= 0.6 is 0 Å². The van der Waals surface area contributed by atoms with Gasteiger partial charge in [0.2, 0.25) is 0 Å². The second-order valence-electron chi connectivity index (χ2n) is 8.12. The second kappa shape index (κ2) is 5.45. The van der Waals surface area contributed by atoms with Crippen LogP contribution < -0.4 is 0 Å². The van der Waals surface area contributed by atoms with E-state index in [9.17, 15) is 19.6 Å². The Morgan fingerprint density at radius 2 is 2.12 bits per heavy atom. The first kappa shape index (κ1) is 17.7. The van der Waals surface area contributed by atoms with Crippen molar-refractivity contribution < 1.29 is 28.6 Å². The molecular formula is C18H23NO6. The van der Waals surface area contributed by atoms with Crippen molar-refractivity contribution in [1.82, 2.24) is 0 Å². The number of hydrogen-bond acceptors (Lipinski definition) is 7. The minimum Gasteiger partial charge on any atom is -0.457 e. The van der Waals surface area contributed by atoms with Gasteiger partial charge >= 0.3 is 17.9 Å². The average molecular weight is 349 g/mol. The van der Waals surface area contributed by atoms with Crippen molar-refractivity contribution in [3.8, 4) is 6.07 Å². The number of nitriles is 1. The van der Waals surface area contributed by atoms with Crippen LogP contribution in [-0.2, 0) is 28.6 Å². The van der Waals surface area contributed by atoms with Gasteiger partial charge in [-0.3, -0.25) is 9.59 Å². The molecule has 2 bridgehead atoms. The zero-order valence-corrected chi connectivity index (χ0v) is 15.0. The van der Waals surface area contributed by atoms with Crippen LogP contribution in [0.3, 0.4) is 0 Å². The molecule has 5 unspecified atom stereocenters. The van der Waals surface area contributed by atoms with Crippen molar-refractivity contribution in [2.24, 2.45) is 22.7 Å². The minimum absolute atomic E-state index is 0.111. The van der Waals surface area contributed by atoms with Gasteiger partial charge in [-0.25, -0.2) is 4.79 Å². The quantitative estimate of drug-likeness (QED) is 0.550. The number of fused-ring (bicyclic) bond motifs is 1. The SMILES string of the molecule is CCC(C)(C)C(=O)OCC(=O)OC1(C)C2CC3C1OC(=O)C3(C#N)C2. The van der Waals surface area contributed by atoms with Gasteiger partial charge < -0.3 is 14.2 Å². The maximum atomic E-state index is 12.2. The molecule has 3 aliphatic rings. The lowest BCUT2D eigenvalue weighted by Crippen LogP contribution is -2.50. The molecular weight excluding hydrogens is 326 g/mol. The number of carbonyl (C=O) groups excluding carboxylic acids is 3. The largest absolute Gasteiger partial charge is 0.457 e. The molecule has 1 heterocycles. The van der Waals surface area contributed by atoms with Crippen LogP contribution in [-0.4, -0.2) is 36.2 Å². The molecule has 3 fully saturated rings. The molecule has 7 heteroatoms. The Kier molecular flexibility index (Phi) is 3.86. The van der Waals surface area contributed by atoms with Gasteiger partial charge in [-0.15, -0.1) is 0 Å². The molecule has 0 spiro atoms. The summed E-state index contributed by atoms with van der Waals surface area (Å²) in [6.45, 7) is 6.62. The van der Waals surface area contributed by atoms with Crippen molar-refractivity contribution in [3.05, 3.63) is 0 Å². The highest BCUT2D eigenvalue weighted by molar-refractivity contribution is 5.85. The van der Waals surface area contributed by atoms with E-state index in [1.807, 2.05) is 6.92 Å². The molecule has 5 atom stereocenters. The maximum Gasteiger partial charge on any atom is 0.344 e. The Bertz CT molecular complexity index is 680. The fraction of sp³-hybridized carbons (Fsp3) is 0.778. The van der Waals surface area contributed by atoms with Gasteiger partial charge in [0.25, 0.3) is 0 Å². The summed E-state index contributed by atoms with van der Waals surface area (Å²) >= 11 is 0. The molecule has 2 saturated carbocycles. The van der Waals surface area contributed by atoms with Crippen molar-refractivity contribution >= 4 is 17.9 Å². The van der Waals surface area contributed by atoms with Crippen molar-refractivity contribution in [3.63, 3.8) is 0 Å². The predicted molar refractivity (Wildman–Crippen MR) is 83.7 cm³/mol. The van der Waals surface area contributed by atoms with Gasteiger partial charge in [0.1, 0.15) is 11.7 Å². The molecule has 1 saturated heterocycles. The smallest absolute Gasteiger partial charge is 0.344 e. The van der Waals surface area contributed by atoms with E-state index in [-0.39, 0.29) is 11.8 Å². The lowest BCUT2D eigenvalue weighted by Gasteiger charge is -2.37. The average Bonchev–Trinajstić information content (AvgIpc) is 3.14. The first-order valence-corrected chi connectivity index (χ1v) is 8.62. The highest BCUT2D eigenvalue weighted by Gasteiger charge is 2.76. The van der Waals surface area contributed by atoms with Gasteiger partial charge in [-0.2, -0.15) is 5.26 Å². The zero-order valence-electron chi connectivity index (χ0n) is 15.0. The Morgan fingerprint density at radius 3 is 2.72 bits per heavy atom. The van der Waals surface area contributed by atoms with Gasteiger partial charge in [0.05, 0.1) is 11.5 Å². The van der Waals surface area contributed by atoms with Gasteiger partial charge in [0, 0.05) is 11.8 Å². The Hall–Kier alpha value is -2.10. The summed E-state index contributed by atoms with van der Waals surface area (Å²) < 4.78 is 16.1. The molecule has 7 nitrogen and oxygen atoms in total. The normalized spacial score (nSPS) is 38.2. The third-order valence-corrected chi connectivity index (χ3v) is 6.37. The van der Waals surface area contributed by atoms with E-state index in [1.54, 1.807) is 20.8 Å². The van der Waals surface area contributed by atoms with Gasteiger partial charge in [0.15, 0.2) is 12.0 Å². The fourth-order valence-electron chi connectivity index (χ4n) is 4.29. The number of carbonyl (C=O) groups is 3. The van der Waals surface area contributed by atoms with Crippen molar-refractivity contribution in [2.45, 2.75) is 58.7 Å². The van der Waals surface area contributed by atoms with Crippen LogP contribution in [0.1, 0.15) is 47.0 Å². The van der Waals surface area contributed by atoms with Crippen LogP contribution in [0.25, 0.3) is 0 Å². The van der Waals surface area contributed by atoms with Crippen molar-refractivity contribution in [1.29, 1.82) is 5.26 Å². The van der Waals surface area contributed by atoms with Crippen LogP contribution in [0, 0.1) is 34.0 Å². The van der Waals surface area contributed by atoms with E-state index in [0.29, 0.717) is 19.3 Å². The van der Waals surface area contributed by atoms with E-state index in [1.165, 1.54) is 0 Å². The van der Waals surface area contributed by atoms with Crippen molar-refractivity contribution in [2.75, 3.05) is 6.61 Å². The monoisotopic (exact) mass is 349 g/mol. The molecule has 25 heavy (non-hydrogen) atoms. The summed E-state index contributed by atoms with van der Waals surface area (Å²) in [5.74, 6) is -1.99. The molecule has 0 aromatic carbocycles. The first-order valence-electron chi connectivity index (χ1n) is 8.62. The molecule has 0 radical (unpaired) electrons. The summed E-state index contributed by atoms with van der Waals surface area (Å²) in [6, 6.07) is 2.12. The predicted octanol–water partition coefficient (Wildman–Crippen LogP) is 1.74. The molecule has 1 aliphatic heterocycles. The highest BCUT2D eigenvalue weighted by Crippen LogP contribution is 2.66. The van der Waals surface area contributed by atoms with Gasteiger partial charge in [-0.1, -0.05) is 6.92 Å². The lowest BCUT2D eigenvalue weighted by molar-refractivity contribution is -0.186. The minimum atomic E-state index is -1.08. The molecule has 0 N–H and O–H groups in total. The third kappa shape index (κ3) is 2.34. The molecule has 2 aliphatic carbocycles. The van der Waals surface area contributed by atoms with Gasteiger partial charge in [-0.05, 0) is 40.0 Å². The highest BCUT2D eigenvalue weighted by atomic mass is 16.6. The fourth-order valence-corrected chi connectivity index (χ4v) is 4.29. The standard InChI is InChI=1S/C18H23NO6/c1-5-16(2,3)14(21)23-8-12(20)25-17(4)10-6-11-13(17)24-15(22)18(11,7-10)9-19/h10-11,13H,5-8H2,1-4H3. The summed E-state index contributed by atoms with van der Waals surface area (Å²) in [4.78, 5) is 36.3. The number of ether oxygens (including phenoxy) is 3. The Morgan fingerprint density at radius 1 is 1.44 bits per heavy atom. The van der Waals surface area contributed by atoms with Crippen LogP contribution in [0.2, 0.25) is 0 Å². The lowest BCUT2D eigenvalue weighted by atomic mass is 9.70. The number of hydrogen-bond donors (Lipinski definition) is 0. The third-order valence-electron chi connectivity index (χ3n) is 6.37. The molecule has 0 aromatic rings. The second-order valence-corrected chi connectivity index (χ2v) is 8.12. The first-order chi connectivity index (χ1) is 11.6. The number of nitrogens with zero attached hydrogens (tertiary/aromatic N) is 1. The number of rotatable bonds is 5. The Balaban J connectivity index is 1.65. The summed E-state index contributed by atoms with van der Waals surface area (Å²) in [5, 5.41) is 9.42. The van der Waals surface area contributed by atoms with E-state index in [4.69, 9.17) is 14.2 Å². The summed E-state index contributed by atoms with van der Waals surface area (Å²) in [7, 11) is 0. The number of esters is 3. The van der Waals surface area contributed by atoms with E-state index >= 15 is 0 Å². The van der Waals surface area contributed by atoms with E-state index in [0.717, 1.165) is 0 Å².